The van der Waals surface area contributed by atoms with Crippen LogP contribution in [0.5, 0.6) is 51.7 Å². The van der Waals surface area contributed by atoms with E-state index in [1.807, 2.05) is 0 Å². The van der Waals surface area contributed by atoms with E-state index in [1.165, 1.54) is 0 Å². The van der Waals surface area contributed by atoms with Gasteiger partial charge in [-0.15, -0.1) is 4.90 Å². The summed E-state index contributed by atoms with van der Waals surface area (Å²) in [4.78, 5) is 11.5. The largest absolute Gasteiger partial charge is 0.504 e. The summed E-state index contributed by atoms with van der Waals surface area (Å²) in [5.41, 5.74) is -11.6. The highest BCUT2D eigenvalue weighted by atomic mass is 16.7. The minimum absolute atomic E-state index is 0.775. The number of aliphatic hydroxyl groups is 15. The van der Waals surface area contributed by atoms with Crippen molar-refractivity contribution in [3.05, 3.63) is 16.7 Å². The number of ether oxygens (including phenoxy) is 2. The Morgan fingerprint density at radius 2 is 0.940 bits per heavy atom. The molecule has 26 heteroatoms. The Morgan fingerprint density at radius 1 is 0.580 bits per heavy atom. The van der Waals surface area contributed by atoms with Crippen LogP contribution in [0, 0.1) is 5.92 Å². The quantitative estimate of drug-likeness (QED) is 0.0745. The van der Waals surface area contributed by atoms with Crippen molar-refractivity contribution in [1.82, 2.24) is 4.90 Å². The number of benzene rings is 2. The number of rotatable bonds is 6. The Bertz CT molecular complexity index is 1740. The number of aromatic hydroxyl groups is 7. The molecule has 1 heterocycles. The highest BCUT2D eigenvalue weighted by Gasteiger charge is 2.93. The summed E-state index contributed by atoms with van der Waals surface area (Å²) in [7, 11) is 1.56. The molecule has 1 unspecified atom stereocenters. The molecule has 1 saturated heterocycles. The molecule has 280 valence electrons. The number of fused-ring (bicyclic) bond motifs is 1. The lowest BCUT2D eigenvalue weighted by Gasteiger charge is -2.66. The number of nitrogens with zero attached hydrogens (tertiary/aromatic N) is 1. The van der Waals surface area contributed by atoms with E-state index in [0.29, 0.717) is 0 Å². The zero-order valence-electron chi connectivity index (χ0n) is 24.6. The fourth-order valence-electron chi connectivity index (χ4n) is 6.12. The zero-order valence-corrected chi connectivity index (χ0v) is 24.6. The minimum atomic E-state index is -5.96. The Morgan fingerprint density at radius 3 is 1.32 bits per heavy atom. The van der Waals surface area contributed by atoms with Crippen molar-refractivity contribution in [2.24, 2.45) is 5.92 Å². The monoisotopic (exact) mass is 731 g/mol. The number of methoxy groups -OCH3 is 2. The lowest BCUT2D eigenvalue weighted by atomic mass is 9.64. The maximum Gasteiger partial charge on any atom is 0.294 e. The first-order chi connectivity index (χ1) is 22.3. The fourth-order valence-corrected chi connectivity index (χ4v) is 6.12. The van der Waals surface area contributed by atoms with Crippen LogP contribution >= 0.6 is 0 Å². The molecule has 0 amide bonds. The van der Waals surface area contributed by atoms with Gasteiger partial charge in [-0.05, 0) is 0 Å². The summed E-state index contributed by atoms with van der Waals surface area (Å²) in [5.74, 6) is -60.6. The van der Waals surface area contributed by atoms with Crippen LogP contribution in [-0.4, -0.2) is 172 Å². The molecule has 0 aromatic heterocycles. The summed E-state index contributed by atoms with van der Waals surface area (Å²) in [6.07, 6.45) is 0. The zero-order chi connectivity index (χ0) is 39.1. The number of piperidine rings is 1. The molecule has 0 bridgehead atoms. The van der Waals surface area contributed by atoms with Gasteiger partial charge in [-0.3, -0.25) is 4.79 Å². The molecule has 1 aliphatic heterocycles. The van der Waals surface area contributed by atoms with E-state index in [9.17, 15) is 117 Å². The second-order valence-electron chi connectivity index (χ2n) is 11.2. The first kappa shape index (κ1) is 38.5. The summed E-state index contributed by atoms with van der Waals surface area (Å²) in [5, 5.41) is 235. The number of phenolic OH excluding ortho intramolecular Hbond substituents is 7. The Kier molecular flexibility index (Phi) is 7.97. The number of Topliss-reactive ketones (excluding diaryl/α,β-unsaturated/α-hetero) is 1. The minimum Gasteiger partial charge on any atom is -0.504 e. The Hall–Kier alpha value is -4.33. The maximum absolute atomic E-state index is 13.5. The SMILES string of the molecule is COc1c(O)c2c(c(O)c1OC)C(O)(O)C(C(O)(O)C1(O)C(O)(O)C(O)(O)N(C(O)(O)c3c(O)c(O)c(O)c(O)c3O)C(O)(O)C1(O)O)C2=O. The molecular weight excluding hydrogens is 702 g/mol. The smallest absolute Gasteiger partial charge is 0.294 e. The maximum atomic E-state index is 13.5. The second kappa shape index (κ2) is 10.4. The fraction of sp³-hybridized carbons (Fsp3) is 0.458. The number of phenols is 7. The van der Waals surface area contributed by atoms with Gasteiger partial charge in [0.05, 0.1) is 25.3 Å². The van der Waals surface area contributed by atoms with Gasteiger partial charge < -0.3 is 122 Å². The molecule has 0 saturated carbocycles. The van der Waals surface area contributed by atoms with Crippen LogP contribution in [-0.2, 0) is 11.7 Å². The Labute approximate surface area is 272 Å². The third-order valence-electron chi connectivity index (χ3n) is 8.57. The average Bonchev–Trinajstić information content (AvgIpc) is 3.19. The van der Waals surface area contributed by atoms with E-state index in [1.54, 1.807) is 0 Å². The lowest BCUT2D eigenvalue weighted by Crippen LogP contribution is -2.99. The summed E-state index contributed by atoms with van der Waals surface area (Å²) < 4.78 is 9.46. The van der Waals surface area contributed by atoms with E-state index < -0.39 is 132 Å². The molecule has 2 aliphatic rings. The van der Waals surface area contributed by atoms with Crippen molar-refractivity contribution < 1.29 is 127 Å². The van der Waals surface area contributed by atoms with Crippen molar-refractivity contribution in [1.29, 1.82) is 0 Å². The normalized spacial score (nSPS) is 23.4. The summed E-state index contributed by atoms with van der Waals surface area (Å²) in [6.45, 7) is 0. The molecular formula is C24H29NO25. The summed E-state index contributed by atoms with van der Waals surface area (Å²) in [6, 6.07) is 0. The van der Waals surface area contributed by atoms with E-state index in [4.69, 9.17) is 9.47 Å². The number of hydrogen-bond acceptors (Lipinski definition) is 26. The molecule has 1 fully saturated rings. The molecule has 26 nitrogen and oxygen atoms in total. The average molecular weight is 731 g/mol. The standard InChI is InChI=1S/C24H29NO25/c1-49-14-6(26)3-4(10(30)15(14)50-2)17(34,35)16(7(3)27)18(36,37)20(40)21(41,42)23(45,46)25(24(47,48)22(20,43)44)19(38,39)5-8(28)11(31)13(33)12(32)9(5)29/h16,26,28-48H,1-2H3. The predicted octanol–water partition coefficient (Wildman–Crippen LogP) is -9.25. The molecule has 4 rings (SSSR count). The predicted molar refractivity (Wildman–Crippen MR) is 140 cm³/mol. The topological polar surface area (TPSA) is 484 Å². The molecule has 2 aromatic rings. The number of ketones is 1. The number of carbonyl (C=O) groups is 1. The number of hydrogen-bond donors (Lipinski definition) is 22. The van der Waals surface area contributed by atoms with Crippen LogP contribution in [0.15, 0.2) is 0 Å². The van der Waals surface area contributed by atoms with Crippen LogP contribution in [0.2, 0.25) is 0 Å². The Balaban J connectivity index is 2.07. The van der Waals surface area contributed by atoms with Gasteiger partial charge >= 0.3 is 0 Å². The third-order valence-corrected chi connectivity index (χ3v) is 8.57. The van der Waals surface area contributed by atoms with Crippen molar-refractivity contribution in [2.45, 2.75) is 46.5 Å². The second-order valence-corrected chi connectivity index (χ2v) is 11.2. The van der Waals surface area contributed by atoms with Gasteiger partial charge in [-0.1, -0.05) is 0 Å². The van der Waals surface area contributed by atoms with Crippen LogP contribution in [0.3, 0.4) is 0 Å². The first-order valence-electron chi connectivity index (χ1n) is 12.9. The molecule has 22 N–H and O–H groups in total. The van der Waals surface area contributed by atoms with Gasteiger partial charge in [0.25, 0.3) is 29.3 Å². The molecule has 50 heavy (non-hydrogen) atoms. The van der Waals surface area contributed by atoms with Gasteiger partial charge in [0.1, 0.15) is 11.5 Å². The highest BCUT2D eigenvalue weighted by molar-refractivity contribution is 6.08. The number of likely N-dealkylation sites (tertiary alicyclic amines) is 1. The van der Waals surface area contributed by atoms with E-state index >= 15 is 0 Å². The van der Waals surface area contributed by atoms with Gasteiger partial charge in [-0.25, -0.2) is 0 Å². The highest BCUT2D eigenvalue weighted by Crippen LogP contribution is 2.64. The van der Waals surface area contributed by atoms with Crippen LogP contribution in [0.1, 0.15) is 21.5 Å². The molecule has 1 atom stereocenters. The van der Waals surface area contributed by atoms with Crippen molar-refractivity contribution in [3.8, 4) is 51.7 Å². The van der Waals surface area contributed by atoms with Crippen molar-refractivity contribution >= 4 is 5.78 Å². The van der Waals surface area contributed by atoms with Gasteiger partial charge in [0.2, 0.25) is 45.9 Å². The van der Waals surface area contributed by atoms with Gasteiger partial charge in [-0.2, -0.15) is 0 Å². The molecule has 0 radical (unpaired) electrons. The van der Waals surface area contributed by atoms with Crippen LogP contribution in [0.4, 0.5) is 0 Å². The van der Waals surface area contributed by atoms with Crippen LogP contribution < -0.4 is 9.47 Å². The third kappa shape index (κ3) is 3.91. The van der Waals surface area contributed by atoms with Gasteiger partial charge in [0.15, 0.2) is 28.8 Å². The van der Waals surface area contributed by atoms with E-state index in [2.05, 4.69) is 0 Å². The van der Waals surface area contributed by atoms with Gasteiger partial charge in [0, 0.05) is 0 Å². The van der Waals surface area contributed by atoms with Crippen molar-refractivity contribution in [2.75, 3.05) is 14.2 Å². The molecule has 2 aromatic carbocycles. The molecule has 1 aliphatic carbocycles. The van der Waals surface area contributed by atoms with E-state index in [-0.39, 0.29) is 0 Å². The van der Waals surface area contributed by atoms with Crippen molar-refractivity contribution in [3.63, 3.8) is 0 Å². The van der Waals surface area contributed by atoms with Crippen LogP contribution in [0.25, 0.3) is 0 Å². The lowest BCUT2D eigenvalue weighted by molar-refractivity contribution is -0.647. The summed E-state index contributed by atoms with van der Waals surface area (Å²) >= 11 is 0. The number of carbonyl (C=O) groups excluding carboxylic acids is 1. The first-order valence-corrected chi connectivity index (χ1v) is 12.9. The molecule has 0 spiro atoms. The van der Waals surface area contributed by atoms with E-state index in [0.717, 1.165) is 14.2 Å².